The molecular weight excluding hydrogens is 368 g/mol. The van der Waals surface area contributed by atoms with E-state index in [0.717, 1.165) is 36.3 Å². The standard InChI is InChI=1S/C19H22N2O7/c1-27-14-7-6-11(8-15(14)28-12-4-2-3-5-12)18(25)20-13-9-16(22)21(19(13)26)10-17(23)24/h6-9,12,22,26H,2-5,10H2,1H3,(H,20,25)(H,23,24). The molecule has 1 saturated carbocycles. The van der Waals surface area contributed by atoms with Crippen LogP contribution >= 0.6 is 0 Å². The zero-order valence-electron chi connectivity index (χ0n) is 15.3. The highest BCUT2D eigenvalue weighted by Crippen LogP contribution is 2.34. The number of carboxylic acids is 1. The van der Waals surface area contributed by atoms with Crippen molar-refractivity contribution in [2.45, 2.75) is 38.3 Å². The molecule has 1 heterocycles. The van der Waals surface area contributed by atoms with Gasteiger partial charge in [-0.1, -0.05) is 0 Å². The van der Waals surface area contributed by atoms with Gasteiger partial charge in [0.2, 0.25) is 5.88 Å². The van der Waals surface area contributed by atoms with Gasteiger partial charge < -0.3 is 30.1 Å². The molecule has 150 valence electrons. The number of aromatic nitrogens is 1. The molecule has 0 radical (unpaired) electrons. The quantitative estimate of drug-likeness (QED) is 0.571. The van der Waals surface area contributed by atoms with Crippen LogP contribution in [0.2, 0.25) is 0 Å². The number of carbonyl (C=O) groups is 2. The molecule has 3 rings (SSSR count). The smallest absolute Gasteiger partial charge is 0.323 e. The van der Waals surface area contributed by atoms with Crippen LogP contribution in [0.3, 0.4) is 0 Å². The number of nitrogens with one attached hydrogen (secondary N) is 1. The van der Waals surface area contributed by atoms with Gasteiger partial charge in [-0.25, -0.2) is 0 Å². The monoisotopic (exact) mass is 390 g/mol. The third kappa shape index (κ3) is 4.13. The fourth-order valence-corrected chi connectivity index (χ4v) is 3.20. The van der Waals surface area contributed by atoms with Gasteiger partial charge in [-0.15, -0.1) is 0 Å². The van der Waals surface area contributed by atoms with Gasteiger partial charge in [-0.2, -0.15) is 0 Å². The van der Waals surface area contributed by atoms with Gasteiger partial charge in [0, 0.05) is 11.6 Å². The number of nitrogens with zero attached hydrogens (tertiary/aromatic N) is 1. The minimum absolute atomic E-state index is 0.0817. The van der Waals surface area contributed by atoms with E-state index in [1.54, 1.807) is 18.2 Å². The molecular formula is C19H22N2O7. The number of benzene rings is 1. The summed E-state index contributed by atoms with van der Waals surface area (Å²) in [5, 5.41) is 31.1. The van der Waals surface area contributed by atoms with Crippen LogP contribution < -0.4 is 14.8 Å². The van der Waals surface area contributed by atoms with E-state index in [0.29, 0.717) is 11.5 Å². The van der Waals surface area contributed by atoms with Gasteiger partial charge in [-0.05, 0) is 43.9 Å². The maximum absolute atomic E-state index is 12.6. The first-order chi connectivity index (χ1) is 13.4. The predicted molar refractivity (Wildman–Crippen MR) is 99.2 cm³/mol. The second kappa shape index (κ2) is 8.12. The normalized spacial score (nSPS) is 14.0. The third-order valence-corrected chi connectivity index (χ3v) is 4.61. The van der Waals surface area contributed by atoms with E-state index in [1.165, 1.54) is 7.11 Å². The molecule has 0 atom stereocenters. The Balaban J connectivity index is 1.80. The molecule has 4 N–H and O–H groups in total. The number of anilines is 1. The lowest BCUT2D eigenvalue weighted by atomic mass is 10.1. The molecule has 9 heteroatoms. The number of ether oxygens (including phenoxy) is 2. The van der Waals surface area contributed by atoms with Gasteiger partial charge >= 0.3 is 5.97 Å². The molecule has 0 unspecified atom stereocenters. The van der Waals surface area contributed by atoms with Crippen LogP contribution in [0.1, 0.15) is 36.0 Å². The van der Waals surface area contributed by atoms with Gasteiger partial charge in [0.25, 0.3) is 5.91 Å². The van der Waals surface area contributed by atoms with Gasteiger partial charge in [0.15, 0.2) is 17.4 Å². The van der Waals surface area contributed by atoms with Crippen molar-refractivity contribution in [3.8, 4) is 23.3 Å². The summed E-state index contributed by atoms with van der Waals surface area (Å²) in [6, 6.07) is 5.79. The van der Waals surface area contributed by atoms with E-state index in [9.17, 15) is 19.8 Å². The van der Waals surface area contributed by atoms with E-state index in [1.807, 2.05) is 0 Å². The van der Waals surface area contributed by atoms with Crippen molar-refractivity contribution in [3.63, 3.8) is 0 Å². The summed E-state index contributed by atoms with van der Waals surface area (Å²) >= 11 is 0. The van der Waals surface area contributed by atoms with Crippen molar-refractivity contribution in [1.29, 1.82) is 0 Å². The molecule has 1 aliphatic rings. The number of hydrogen-bond acceptors (Lipinski definition) is 6. The van der Waals surface area contributed by atoms with E-state index in [-0.39, 0.29) is 17.4 Å². The summed E-state index contributed by atoms with van der Waals surface area (Å²) in [5.41, 5.74) is 0.163. The van der Waals surface area contributed by atoms with Crippen molar-refractivity contribution >= 4 is 17.6 Å². The first-order valence-electron chi connectivity index (χ1n) is 8.88. The molecule has 1 aromatic heterocycles. The Bertz CT molecular complexity index is 885. The number of rotatable bonds is 7. The molecule has 0 saturated heterocycles. The summed E-state index contributed by atoms with van der Waals surface area (Å²) in [5.74, 6) is -1.86. The lowest BCUT2D eigenvalue weighted by molar-refractivity contribution is -0.137. The number of aromatic hydroxyl groups is 2. The van der Waals surface area contributed by atoms with E-state index in [2.05, 4.69) is 5.32 Å². The maximum atomic E-state index is 12.6. The molecule has 1 fully saturated rings. The highest BCUT2D eigenvalue weighted by Gasteiger charge is 2.21. The Morgan fingerprint density at radius 1 is 1.18 bits per heavy atom. The highest BCUT2D eigenvalue weighted by atomic mass is 16.5. The molecule has 9 nitrogen and oxygen atoms in total. The minimum atomic E-state index is -1.25. The predicted octanol–water partition coefficient (Wildman–Crippen LogP) is 2.57. The number of aliphatic carboxylic acids is 1. The minimum Gasteiger partial charge on any atom is -0.494 e. The summed E-state index contributed by atoms with van der Waals surface area (Å²) in [6.07, 6.45) is 4.18. The molecule has 2 aromatic rings. The third-order valence-electron chi connectivity index (χ3n) is 4.61. The maximum Gasteiger partial charge on any atom is 0.323 e. The Morgan fingerprint density at radius 2 is 1.89 bits per heavy atom. The summed E-state index contributed by atoms with van der Waals surface area (Å²) in [6.45, 7) is -0.643. The van der Waals surface area contributed by atoms with Crippen LogP contribution in [0.4, 0.5) is 5.69 Å². The average molecular weight is 390 g/mol. The first kappa shape index (κ1) is 19.4. The number of amides is 1. The van der Waals surface area contributed by atoms with Crippen LogP contribution in [-0.2, 0) is 11.3 Å². The van der Waals surface area contributed by atoms with Crippen LogP contribution in [0, 0.1) is 0 Å². The molecule has 1 amide bonds. The second-order valence-electron chi connectivity index (χ2n) is 6.56. The fourth-order valence-electron chi connectivity index (χ4n) is 3.20. The summed E-state index contributed by atoms with van der Waals surface area (Å²) in [4.78, 5) is 23.4. The molecule has 28 heavy (non-hydrogen) atoms. The Morgan fingerprint density at radius 3 is 2.54 bits per heavy atom. The highest BCUT2D eigenvalue weighted by molar-refractivity contribution is 6.05. The number of carbonyl (C=O) groups excluding carboxylic acids is 1. The summed E-state index contributed by atoms with van der Waals surface area (Å²) in [7, 11) is 1.52. The molecule has 0 aliphatic heterocycles. The second-order valence-corrected chi connectivity index (χ2v) is 6.56. The van der Waals surface area contributed by atoms with Crippen LogP contribution in [-0.4, -0.2) is 45.0 Å². The summed E-state index contributed by atoms with van der Waals surface area (Å²) < 4.78 is 12.0. The zero-order chi connectivity index (χ0) is 20.3. The van der Waals surface area contributed by atoms with Gasteiger partial charge in [-0.3, -0.25) is 14.2 Å². The lowest BCUT2D eigenvalue weighted by Gasteiger charge is -2.16. The largest absolute Gasteiger partial charge is 0.494 e. The van der Waals surface area contributed by atoms with Gasteiger partial charge in [0.05, 0.1) is 13.2 Å². The van der Waals surface area contributed by atoms with Crippen molar-refractivity contribution in [1.82, 2.24) is 4.57 Å². The Kier molecular flexibility index (Phi) is 5.62. The van der Waals surface area contributed by atoms with Crippen LogP contribution in [0.15, 0.2) is 24.3 Å². The fraction of sp³-hybridized carbons (Fsp3) is 0.368. The lowest BCUT2D eigenvalue weighted by Crippen LogP contribution is -2.15. The van der Waals surface area contributed by atoms with Crippen LogP contribution in [0.25, 0.3) is 0 Å². The first-order valence-corrected chi connectivity index (χ1v) is 8.88. The number of hydrogen-bond donors (Lipinski definition) is 4. The van der Waals surface area contributed by atoms with E-state index in [4.69, 9.17) is 14.6 Å². The van der Waals surface area contributed by atoms with Crippen molar-refractivity contribution in [2.75, 3.05) is 12.4 Å². The number of methoxy groups -OCH3 is 1. The SMILES string of the molecule is COc1ccc(C(=O)Nc2cc(O)n(CC(=O)O)c2O)cc1OC1CCCC1. The molecule has 1 aliphatic carbocycles. The van der Waals surface area contributed by atoms with Crippen molar-refractivity contribution in [2.24, 2.45) is 0 Å². The topological polar surface area (TPSA) is 130 Å². The zero-order valence-corrected chi connectivity index (χ0v) is 15.3. The average Bonchev–Trinajstić information content (AvgIpc) is 3.25. The van der Waals surface area contributed by atoms with Crippen LogP contribution in [0.5, 0.6) is 23.3 Å². The molecule has 0 spiro atoms. The van der Waals surface area contributed by atoms with Crippen molar-refractivity contribution in [3.05, 3.63) is 29.8 Å². The Labute approximate surface area is 161 Å². The van der Waals surface area contributed by atoms with E-state index < -0.39 is 30.2 Å². The van der Waals surface area contributed by atoms with Gasteiger partial charge in [0.1, 0.15) is 12.2 Å². The van der Waals surface area contributed by atoms with E-state index >= 15 is 0 Å². The number of carboxylic acid groups (broad SMARTS) is 1. The molecule has 1 aromatic carbocycles. The Hall–Kier alpha value is -3.36. The molecule has 0 bridgehead atoms. The van der Waals surface area contributed by atoms with Crippen molar-refractivity contribution < 1.29 is 34.4 Å².